The van der Waals surface area contributed by atoms with E-state index in [1.807, 2.05) is 0 Å². The predicted molar refractivity (Wildman–Crippen MR) is 87.7 cm³/mol. The van der Waals surface area contributed by atoms with Gasteiger partial charge >= 0.3 is 0 Å². The quantitative estimate of drug-likeness (QED) is 0.598. The van der Waals surface area contributed by atoms with E-state index in [-0.39, 0.29) is 16.9 Å². The van der Waals surface area contributed by atoms with Gasteiger partial charge in [0.2, 0.25) is 5.89 Å². The Morgan fingerprint density at radius 2 is 2.05 bits per heavy atom. The molecule has 0 aliphatic rings. The number of hydrogen-bond donors (Lipinski definition) is 2. The molecule has 0 aliphatic heterocycles. The summed E-state index contributed by atoms with van der Waals surface area (Å²) in [6.07, 6.45) is 1.72. The number of oxazole rings is 1. The zero-order valence-corrected chi connectivity index (χ0v) is 14.7. The second kappa shape index (κ2) is 7.62. The van der Waals surface area contributed by atoms with Gasteiger partial charge in [0, 0.05) is 24.8 Å². The molecular weight excluding hydrogens is 304 g/mol. The van der Waals surface area contributed by atoms with E-state index in [9.17, 15) is 8.42 Å². The molecule has 0 bridgehead atoms. The largest absolute Gasteiger partial charge is 0.443 e. The van der Waals surface area contributed by atoms with Gasteiger partial charge in [0.15, 0.2) is 15.8 Å². The van der Waals surface area contributed by atoms with Crippen molar-refractivity contribution in [2.75, 3.05) is 25.1 Å². The number of aliphatic imine (C=N–C) groups is 1. The molecule has 8 heteroatoms. The van der Waals surface area contributed by atoms with Crippen LogP contribution in [0.1, 0.15) is 39.3 Å². The van der Waals surface area contributed by atoms with Crippen LogP contribution in [0, 0.1) is 0 Å². The topological polar surface area (TPSA) is 96.6 Å². The lowest BCUT2D eigenvalue weighted by atomic mass is 9.94. The Labute approximate surface area is 132 Å². The van der Waals surface area contributed by atoms with Gasteiger partial charge in [-0.1, -0.05) is 27.7 Å². The summed E-state index contributed by atoms with van der Waals surface area (Å²) in [5.41, 5.74) is -0.0836. The number of nitrogens with one attached hydrogen (secondary N) is 2. The minimum atomic E-state index is -2.98. The maximum Gasteiger partial charge on any atom is 0.213 e. The number of nitrogens with zero attached hydrogens (tertiary/aromatic N) is 2. The summed E-state index contributed by atoms with van der Waals surface area (Å²) in [4.78, 5) is 8.25. The molecule has 126 valence electrons. The van der Waals surface area contributed by atoms with Crippen molar-refractivity contribution in [1.82, 2.24) is 15.6 Å². The number of hydrogen-bond acceptors (Lipinski definition) is 5. The van der Waals surface area contributed by atoms with Crippen LogP contribution in [0.3, 0.4) is 0 Å². The van der Waals surface area contributed by atoms with Crippen molar-refractivity contribution in [2.24, 2.45) is 4.99 Å². The number of guanidine groups is 1. The van der Waals surface area contributed by atoms with Gasteiger partial charge in [-0.3, -0.25) is 4.99 Å². The van der Waals surface area contributed by atoms with Gasteiger partial charge in [0.25, 0.3) is 0 Å². The van der Waals surface area contributed by atoms with E-state index < -0.39 is 9.84 Å². The normalized spacial score (nSPS) is 13.2. The Kier molecular flexibility index (Phi) is 6.40. The molecule has 7 nitrogen and oxygen atoms in total. The molecule has 22 heavy (non-hydrogen) atoms. The zero-order chi connectivity index (χ0) is 16.8. The van der Waals surface area contributed by atoms with E-state index in [0.29, 0.717) is 24.9 Å². The van der Waals surface area contributed by atoms with E-state index in [1.54, 1.807) is 20.2 Å². The van der Waals surface area contributed by atoms with Gasteiger partial charge in [-0.15, -0.1) is 0 Å². The molecule has 1 aromatic heterocycles. The number of aromatic nitrogens is 1. The number of sulfone groups is 1. The van der Waals surface area contributed by atoms with E-state index in [4.69, 9.17) is 4.42 Å². The Bertz CT molecular complexity index is 600. The molecule has 0 amide bonds. The first-order chi connectivity index (χ1) is 10.2. The summed E-state index contributed by atoms with van der Waals surface area (Å²) >= 11 is 0. The Morgan fingerprint density at radius 3 is 2.55 bits per heavy atom. The molecule has 1 aromatic rings. The molecule has 0 unspecified atom stereocenters. The van der Waals surface area contributed by atoms with Gasteiger partial charge in [0.1, 0.15) is 5.76 Å². The highest BCUT2D eigenvalue weighted by atomic mass is 32.2. The molecule has 0 aliphatic carbocycles. The van der Waals surface area contributed by atoms with Crippen molar-refractivity contribution in [3.05, 3.63) is 17.8 Å². The Hall–Kier alpha value is -1.57. The fourth-order valence-electron chi connectivity index (χ4n) is 1.59. The van der Waals surface area contributed by atoms with Gasteiger partial charge < -0.3 is 15.1 Å². The molecule has 1 heterocycles. The molecule has 0 fully saturated rings. The lowest BCUT2D eigenvalue weighted by Gasteiger charge is -2.13. The van der Waals surface area contributed by atoms with E-state index in [1.165, 1.54) is 0 Å². The van der Waals surface area contributed by atoms with Crippen LogP contribution in [0.5, 0.6) is 0 Å². The van der Waals surface area contributed by atoms with Crippen molar-refractivity contribution < 1.29 is 12.8 Å². The highest BCUT2D eigenvalue weighted by molar-refractivity contribution is 7.91. The molecule has 0 atom stereocenters. The molecule has 2 N–H and O–H groups in total. The SMILES string of the molecule is CCS(=O)(=O)CCNC(=NC)NCc1ncc(C(C)(C)C)o1. The van der Waals surface area contributed by atoms with Crippen molar-refractivity contribution in [2.45, 2.75) is 39.7 Å². The van der Waals surface area contributed by atoms with Crippen LogP contribution in [-0.4, -0.2) is 44.5 Å². The summed E-state index contributed by atoms with van der Waals surface area (Å²) in [6, 6.07) is 0. The lowest BCUT2D eigenvalue weighted by molar-refractivity contribution is 0.379. The zero-order valence-electron chi connectivity index (χ0n) is 13.9. The predicted octanol–water partition coefficient (Wildman–Crippen LogP) is 1.07. The molecule has 0 spiro atoms. The standard InChI is InChI=1S/C14H26N4O3S/c1-6-22(19,20)8-7-16-13(15-5)18-10-12-17-9-11(21-12)14(2,3)4/h9H,6-8,10H2,1-5H3,(H2,15,16,18). The third kappa shape index (κ3) is 6.05. The van der Waals surface area contributed by atoms with E-state index in [2.05, 4.69) is 41.4 Å². The highest BCUT2D eigenvalue weighted by Gasteiger charge is 2.19. The third-order valence-electron chi connectivity index (χ3n) is 3.07. The van der Waals surface area contributed by atoms with Gasteiger partial charge in [0.05, 0.1) is 18.5 Å². The molecule has 0 aromatic carbocycles. The fourth-order valence-corrected chi connectivity index (χ4v) is 2.29. The summed E-state index contributed by atoms with van der Waals surface area (Å²) in [6.45, 7) is 8.50. The fraction of sp³-hybridized carbons (Fsp3) is 0.714. The average Bonchev–Trinajstić information content (AvgIpc) is 2.91. The minimum Gasteiger partial charge on any atom is -0.443 e. The minimum absolute atomic E-state index is 0.0807. The van der Waals surface area contributed by atoms with Crippen LogP contribution in [0.4, 0.5) is 0 Å². The first-order valence-corrected chi connectivity index (χ1v) is 9.10. The van der Waals surface area contributed by atoms with Crippen molar-refractivity contribution in [3.8, 4) is 0 Å². The van der Waals surface area contributed by atoms with Crippen molar-refractivity contribution in [1.29, 1.82) is 0 Å². The van der Waals surface area contributed by atoms with Crippen molar-refractivity contribution in [3.63, 3.8) is 0 Å². The Morgan fingerprint density at radius 1 is 1.36 bits per heavy atom. The third-order valence-corrected chi connectivity index (χ3v) is 4.77. The van der Waals surface area contributed by atoms with Crippen LogP contribution >= 0.6 is 0 Å². The number of rotatable bonds is 6. The molecule has 0 saturated carbocycles. The summed E-state index contributed by atoms with van der Waals surface area (Å²) < 4.78 is 28.5. The van der Waals surface area contributed by atoms with Crippen LogP contribution in [0.2, 0.25) is 0 Å². The van der Waals surface area contributed by atoms with Crippen LogP contribution < -0.4 is 10.6 Å². The molecule has 0 radical (unpaired) electrons. The van der Waals surface area contributed by atoms with Gasteiger partial charge in [-0.2, -0.15) is 0 Å². The average molecular weight is 330 g/mol. The van der Waals surface area contributed by atoms with Crippen LogP contribution in [0.25, 0.3) is 0 Å². The maximum absolute atomic E-state index is 11.4. The van der Waals surface area contributed by atoms with Gasteiger partial charge in [-0.25, -0.2) is 13.4 Å². The van der Waals surface area contributed by atoms with E-state index >= 15 is 0 Å². The first kappa shape index (κ1) is 18.5. The molecular formula is C14H26N4O3S. The Balaban J connectivity index is 2.46. The smallest absolute Gasteiger partial charge is 0.213 e. The summed E-state index contributed by atoms with van der Waals surface area (Å²) in [5, 5.41) is 6.00. The van der Waals surface area contributed by atoms with E-state index in [0.717, 1.165) is 5.76 Å². The van der Waals surface area contributed by atoms with Crippen LogP contribution in [-0.2, 0) is 21.8 Å². The maximum atomic E-state index is 11.4. The molecule has 1 rings (SSSR count). The first-order valence-electron chi connectivity index (χ1n) is 7.28. The van der Waals surface area contributed by atoms with Crippen LogP contribution in [0.15, 0.2) is 15.6 Å². The summed E-state index contributed by atoms with van der Waals surface area (Å²) in [5.74, 6) is 2.13. The second-order valence-electron chi connectivity index (χ2n) is 5.96. The molecule has 0 saturated heterocycles. The van der Waals surface area contributed by atoms with Gasteiger partial charge in [-0.05, 0) is 0 Å². The highest BCUT2D eigenvalue weighted by Crippen LogP contribution is 2.22. The van der Waals surface area contributed by atoms with Crippen molar-refractivity contribution >= 4 is 15.8 Å². The second-order valence-corrected chi connectivity index (χ2v) is 8.43. The monoisotopic (exact) mass is 330 g/mol. The summed E-state index contributed by atoms with van der Waals surface area (Å²) in [7, 11) is -1.35. The lowest BCUT2D eigenvalue weighted by Crippen LogP contribution is -2.39.